The molecule has 2 heteroatoms. The Balaban J connectivity index is 0.906. The molecule has 0 radical (unpaired) electrons. The SMILES string of the molecule is C1=CCCC(C2(c3ccccc3)c3ccccc3-c3ccc(N(c4ccccc4)c4ccc(-c5ccc(-n6c7ccc8c(c7c7c9ccccc9ccc76)C=CCC8)cc5)cc4)cc32)=C1. The minimum absolute atomic E-state index is 0.393. The number of hydrogen-bond donors (Lipinski definition) is 0. The molecule has 3 aliphatic carbocycles. The highest BCUT2D eigenvalue weighted by molar-refractivity contribution is 6.23. The maximum Gasteiger partial charge on any atom is 0.0677 e. The van der Waals surface area contributed by atoms with E-state index in [0.717, 1.165) is 42.7 Å². The molecule has 1 heterocycles. The van der Waals surface area contributed by atoms with Crippen LogP contribution < -0.4 is 4.90 Å². The van der Waals surface area contributed by atoms with Gasteiger partial charge in [-0.3, -0.25) is 0 Å². The van der Waals surface area contributed by atoms with Gasteiger partial charge in [-0.2, -0.15) is 0 Å². The first-order chi connectivity index (χ1) is 32.3. The third-order valence-electron chi connectivity index (χ3n) is 14.4. The second-order valence-electron chi connectivity index (χ2n) is 17.8. The van der Waals surface area contributed by atoms with E-state index in [1.54, 1.807) is 0 Å². The molecule has 2 nitrogen and oxygen atoms in total. The van der Waals surface area contributed by atoms with E-state index in [-0.39, 0.29) is 0 Å². The normalized spacial score (nSPS) is 16.1. The third kappa shape index (κ3) is 5.80. The van der Waals surface area contributed by atoms with Crippen molar-refractivity contribution in [2.24, 2.45) is 0 Å². The zero-order valence-corrected chi connectivity index (χ0v) is 36.2. The van der Waals surface area contributed by atoms with Crippen LogP contribution in [0.2, 0.25) is 0 Å². The summed E-state index contributed by atoms with van der Waals surface area (Å²) in [7, 11) is 0. The summed E-state index contributed by atoms with van der Waals surface area (Å²) in [6.45, 7) is 0. The maximum atomic E-state index is 2.48. The topological polar surface area (TPSA) is 8.17 Å². The molecule has 0 N–H and O–H groups in total. The van der Waals surface area contributed by atoms with Crippen LogP contribution in [0.25, 0.3) is 66.6 Å². The molecule has 0 spiro atoms. The van der Waals surface area contributed by atoms with Crippen molar-refractivity contribution >= 4 is 55.7 Å². The zero-order valence-electron chi connectivity index (χ0n) is 36.2. The van der Waals surface area contributed by atoms with Crippen molar-refractivity contribution in [3.05, 3.63) is 258 Å². The molecule has 1 unspecified atom stereocenters. The van der Waals surface area contributed by atoms with E-state index in [2.05, 4.69) is 240 Å². The lowest BCUT2D eigenvalue weighted by Gasteiger charge is -2.37. The van der Waals surface area contributed by atoms with E-state index in [1.807, 2.05) is 0 Å². The van der Waals surface area contributed by atoms with Gasteiger partial charge in [-0.25, -0.2) is 0 Å². The van der Waals surface area contributed by atoms with Crippen molar-refractivity contribution in [3.8, 4) is 27.9 Å². The molecule has 308 valence electrons. The Morgan fingerprint density at radius 2 is 1.14 bits per heavy atom. The quantitative estimate of drug-likeness (QED) is 0.155. The Kier molecular flexibility index (Phi) is 8.74. The van der Waals surface area contributed by atoms with Crippen molar-refractivity contribution in [3.63, 3.8) is 0 Å². The van der Waals surface area contributed by atoms with E-state index in [1.165, 1.54) is 93.9 Å². The second kappa shape index (κ2) is 15.1. The Bertz CT molecular complexity index is 3570. The standard InChI is InChI=1S/C63H46N2/c1-4-18-47(19-5-1)63(48-20-6-2-7-21-48)57-27-15-14-26-55(57)56-39-38-52(42-58(56)63)64(49-22-8-3-9-23-49)50-34-28-43(29-35-50)44-30-36-51(37-31-44)65-59-40-32-45-16-10-12-24-53(45)61(59)62-54-25-13-11-17-46(54)33-41-60(62)65/h1-6,8-10,12-16,18-20,22-42H,7,11,17,21H2. The van der Waals surface area contributed by atoms with Crippen molar-refractivity contribution in [1.82, 2.24) is 4.57 Å². The lowest BCUT2D eigenvalue weighted by molar-refractivity contribution is 0.693. The highest BCUT2D eigenvalue weighted by atomic mass is 15.1. The summed E-state index contributed by atoms with van der Waals surface area (Å²) >= 11 is 0. The van der Waals surface area contributed by atoms with Crippen LogP contribution in [0.4, 0.5) is 17.1 Å². The number of hydrogen-bond acceptors (Lipinski definition) is 1. The second-order valence-corrected chi connectivity index (χ2v) is 17.8. The fourth-order valence-electron chi connectivity index (χ4n) is 11.5. The predicted molar refractivity (Wildman–Crippen MR) is 274 cm³/mol. The van der Waals surface area contributed by atoms with Crippen LogP contribution in [0.15, 0.2) is 230 Å². The van der Waals surface area contributed by atoms with Crippen LogP contribution >= 0.6 is 0 Å². The van der Waals surface area contributed by atoms with E-state index in [9.17, 15) is 0 Å². The lowest BCUT2D eigenvalue weighted by Crippen LogP contribution is -2.30. The molecule has 9 aromatic carbocycles. The Hall–Kier alpha value is -7.94. The molecule has 65 heavy (non-hydrogen) atoms. The predicted octanol–water partition coefficient (Wildman–Crippen LogP) is 16.6. The molecule has 0 bridgehead atoms. The van der Waals surface area contributed by atoms with Crippen LogP contribution in [-0.2, 0) is 11.8 Å². The monoisotopic (exact) mass is 830 g/mol. The van der Waals surface area contributed by atoms with E-state index in [4.69, 9.17) is 0 Å². The number of benzene rings is 9. The van der Waals surface area contributed by atoms with Crippen LogP contribution in [0.3, 0.4) is 0 Å². The highest BCUT2D eigenvalue weighted by Gasteiger charge is 2.47. The Morgan fingerprint density at radius 1 is 0.477 bits per heavy atom. The van der Waals surface area contributed by atoms with Crippen LogP contribution in [0, 0.1) is 0 Å². The summed E-state index contributed by atoms with van der Waals surface area (Å²) in [6.07, 6.45) is 15.9. The number of nitrogens with zero attached hydrogens (tertiary/aromatic N) is 2. The van der Waals surface area contributed by atoms with Crippen LogP contribution in [0.1, 0.15) is 47.1 Å². The van der Waals surface area contributed by atoms with Gasteiger partial charge in [-0.05, 0) is 147 Å². The third-order valence-corrected chi connectivity index (χ3v) is 14.4. The molecule has 1 atom stereocenters. The molecular formula is C63H46N2. The van der Waals surface area contributed by atoms with Crippen LogP contribution in [-0.4, -0.2) is 4.57 Å². The molecule has 0 saturated carbocycles. The lowest BCUT2D eigenvalue weighted by atomic mass is 9.65. The summed E-state index contributed by atoms with van der Waals surface area (Å²) in [5, 5.41) is 5.28. The first kappa shape index (κ1) is 37.6. The van der Waals surface area contributed by atoms with E-state index >= 15 is 0 Å². The smallest absolute Gasteiger partial charge is 0.0677 e. The molecule has 1 aromatic heterocycles. The molecule has 0 saturated heterocycles. The zero-order chi connectivity index (χ0) is 42.9. The fourth-order valence-corrected chi connectivity index (χ4v) is 11.5. The highest BCUT2D eigenvalue weighted by Crippen LogP contribution is 2.58. The number of aryl methyl sites for hydroxylation is 1. The molecule has 3 aliphatic rings. The van der Waals surface area contributed by atoms with Gasteiger partial charge in [0.25, 0.3) is 0 Å². The number of rotatable bonds is 7. The van der Waals surface area contributed by atoms with Gasteiger partial charge >= 0.3 is 0 Å². The largest absolute Gasteiger partial charge is 0.310 e. The summed E-state index contributed by atoms with van der Waals surface area (Å²) in [5.41, 5.74) is 19.9. The van der Waals surface area contributed by atoms with Crippen molar-refractivity contribution in [2.45, 2.75) is 31.1 Å². The summed E-state index contributed by atoms with van der Waals surface area (Å²) in [4.78, 5) is 2.42. The van der Waals surface area contributed by atoms with Gasteiger partial charge in [0.15, 0.2) is 0 Å². The van der Waals surface area contributed by atoms with Gasteiger partial charge in [-0.15, -0.1) is 0 Å². The molecule has 0 amide bonds. The molecule has 10 aromatic rings. The van der Waals surface area contributed by atoms with Gasteiger partial charge in [0.1, 0.15) is 0 Å². The van der Waals surface area contributed by atoms with Gasteiger partial charge < -0.3 is 9.47 Å². The number of para-hydroxylation sites is 1. The Morgan fingerprint density at radius 3 is 1.95 bits per heavy atom. The van der Waals surface area contributed by atoms with Gasteiger partial charge in [0.05, 0.1) is 16.4 Å². The average Bonchev–Trinajstić information content (AvgIpc) is 3.89. The first-order valence-electron chi connectivity index (χ1n) is 23.1. The number of allylic oxidation sites excluding steroid dienone is 5. The van der Waals surface area contributed by atoms with Gasteiger partial charge in [-0.1, -0.05) is 175 Å². The number of anilines is 3. The minimum Gasteiger partial charge on any atom is -0.310 e. The van der Waals surface area contributed by atoms with Crippen molar-refractivity contribution in [1.29, 1.82) is 0 Å². The first-order valence-corrected chi connectivity index (χ1v) is 23.1. The summed E-state index contributed by atoms with van der Waals surface area (Å²) < 4.78 is 2.47. The molecular weight excluding hydrogens is 785 g/mol. The number of aromatic nitrogens is 1. The van der Waals surface area contributed by atoms with Gasteiger partial charge in [0.2, 0.25) is 0 Å². The molecule has 13 rings (SSSR count). The minimum atomic E-state index is -0.393. The van der Waals surface area contributed by atoms with Gasteiger partial charge in [0, 0.05) is 33.5 Å². The average molecular weight is 831 g/mol. The fraction of sp³-hybridized carbons (Fsp3) is 0.0794. The van der Waals surface area contributed by atoms with E-state index in [0.29, 0.717) is 0 Å². The molecule has 0 fully saturated rings. The Labute approximate surface area is 380 Å². The van der Waals surface area contributed by atoms with Crippen molar-refractivity contribution in [2.75, 3.05) is 4.90 Å². The van der Waals surface area contributed by atoms with E-state index < -0.39 is 5.41 Å². The molecule has 0 aliphatic heterocycles. The summed E-state index contributed by atoms with van der Waals surface area (Å²) in [5.74, 6) is 0. The summed E-state index contributed by atoms with van der Waals surface area (Å²) in [6, 6.07) is 74.6. The van der Waals surface area contributed by atoms with Crippen molar-refractivity contribution < 1.29 is 0 Å². The van der Waals surface area contributed by atoms with Crippen LogP contribution in [0.5, 0.6) is 0 Å². The maximum absolute atomic E-state index is 2.48. The number of fused-ring (bicyclic) bond motifs is 10.